The van der Waals surface area contributed by atoms with E-state index in [1.54, 1.807) is 42.5 Å². The molecule has 154 valence electrons. The van der Waals surface area contributed by atoms with Crippen molar-refractivity contribution >= 4 is 11.8 Å². The van der Waals surface area contributed by atoms with Crippen molar-refractivity contribution in [2.75, 3.05) is 13.7 Å². The number of rotatable bonds is 9. The third kappa shape index (κ3) is 5.85. The van der Waals surface area contributed by atoms with E-state index < -0.39 is 5.97 Å². The quantitative estimate of drug-likeness (QED) is 0.297. The molecule has 0 aliphatic rings. The molecular formula is C24H22O6. The van der Waals surface area contributed by atoms with Crippen LogP contribution in [0.25, 0.3) is 0 Å². The third-order valence-corrected chi connectivity index (χ3v) is 4.22. The molecule has 30 heavy (non-hydrogen) atoms. The van der Waals surface area contributed by atoms with Crippen molar-refractivity contribution in [3.63, 3.8) is 0 Å². The van der Waals surface area contributed by atoms with Crippen LogP contribution in [-0.2, 0) is 11.4 Å². The summed E-state index contributed by atoms with van der Waals surface area (Å²) in [4.78, 5) is 23.5. The molecule has 0 atom stereocenters. The summed E-state index contributed by atoms with van der Waals surface area (Å²) in [6, 6.07) is 21.4. The minimum absolute atomic E-state index is 0.0875. The van der Waals surface area contributed by atoms with Gasteiger partial charge in [0, 0.05) is 5.56 Å². The smallest absolute Gasteiger partial charge is 0.349 e. The monoisotopic (exact) mass is 406 g/mol. The van der Waals surface area contributed by atoms with E-state index in [9.17, 15) is 9.59 Å². The van der Waals surface area contributed by atoms with Gasteiger partial charge in [-0.05, 0) is 55.0 Å². The van der Waals surface area contributed by atoms with E-state index in [1.807, 2.05) is 30.3 Å². The highest BCUT2D eigenvalue weighted by molar-refractivity contribution is 5.94. The predicted octanol–water partition coefficient (Wildman–Crippen LogP) is 4.46. The maximum Gasteiger partial charge on any atom is 0.349 e. The average Bonchev–Trinajstić information content (AvgIpc) is 2.77. The molecule has 0 N–H and O–H groups in total. The Bertz CT molecular complexity index is 996. The highest BCUT2D eigenvalue weighted by atomic mass is 16.6. The van der Waals surface area contributed by atoms with Crippen LogP contribution in [0.1, 0.15) is 22.8 Å². The van der Waals surface area contributed by atoms with Crippen LogP contribution in [0.2, 0.25) is 0 Å². The standard InChI is InChI=1S/C24H22O6/c1-17(25)19-8-13-22(23(14-19)27-2)29-16-24(26)30-21-11-9-20(10-12-21)28-15-18-6-4-3-5-7-18/h3-14H,15-16H2,1-2H3. The van der Waals surface area contributed by atoms with Gasteiger partial charge < -0.3 is 18.9 Å². The van der Waals surface area contributed by atoms with Gasteiger partial charge in [0.05, 0.1) is 7.11 Å². The Kier molecular flexibility index (Phi) is 7.05. The van der Waals surface area contributed by atoms with Crippen molar-refractivity contribution < 1.29 is 28.5 Å². The highest BCUT2D eigenvalue weighted by Gasteiger charge is 2.12. The van der Waals surface area contributed by atoms with E-state index in [2.05, 4.69) is 0 Å². The average molecular weight is 406 g/mol. The molecular weight excluding hydrogens is 384 g/mol. The maximum absolute atomic E-state index is 12.1. The van der Waals surface area contributed by atoms with Crippen LogP contribution >= 0.6 is 0 Å². The van der Waals surface area contributed by atoms with Crippen molar-refractivity contribution in [2.24, 2.45) is 0 Å². The van der Waals surface area contributed by atoms with Gasteiger partial charge in [0.1, 0.15) is 18.1 Å². The molecule has 0 aromatic heterocycles. The summed E-state index contributed by atoms with van der Waals surface area (Å²) in [5, 5.41) is 0. The minimum atomic E-state index is -0.564. The number of carbonyl (C=O) groups excluding carboxylic acids is 2. The Balaban J connectivity index is 1.51. The first-order chi connectivity index (χ1) is 14.5. The molecule has 6 heteroatoms. The molecule has 3 rings (SSSR count). The molecule has 0 heterocycles. The van der Waals surface area contributed by atoms with Gasteiger partial charge in [-0.2, -0.15) is 0 Å². The first-order valence-corrected chi connectivity index (χ1v) is 9.34. The van der Waals surface area contributed by atoms with Gasteiger partial charge in [0.25, 0.3) is 0 Å². The Morgan fingerprint density at radius 2 is 1.50 bits per heavy atom. The molecule has 3 aromatic carbocycles. The van der Waals surface area contributed by atoms with E-state index in [0.29, 0.717) is 35.2 Å². The summed E-state index contributed by atoms with van der Waals surface area (Å²) >= 11 is 0. The van der Waals surface area contributed by atoms with Crippen molar-refractivity contribution in [1.82, 2.24) is 0 Å². The van der Waals surface area contributed by atoms with E-state index in [0.717, 1.165) is 5.56 Å². The van der Waals surface area contributed by atoms with Crippen LogP contribution < -0.4 is 18.9 Å². The molecule has 0 spiro atoms. The number of ketones is 1. The normalized spacial score (nSPS) is 10.2. The largest absolute Gasteiger partial charge is 0.493 e. The molecule has 0 fully saturated rings. The summed E-state index contributed by atoms with van der Waals surface area (Å²) in [6.45, 7) is 1.62. The lowest BCUT2D eigenvalue weighted by molar-refractivity contribution is -0.136. The number of benzene rings is 3. The van der Waals surface area contributed by atoms with Crippen molar-refractivity contribution in [2.45, 2.75) is 13.5 Å². The van der Waals surface area contributed by atoms with Gasteiger partial charge in [-0.3, -0.25) is 4.79 Å². The van der Waals surface area contributed by atoms with Gasteiger partial charge >= 0.3 is 5.97 Å². The number of esters is 1. The van der Waals surface area contributed by atoms with Crippen LogP contribution in [0.5, 0.6) is 23.0 Å². The van der Waals surface area contributed by atoms with Crippen LogP contribution in [0.15, 0.2) is 72.8 Å². The van der Waals surface area contributed by atoms with Gasteiger partial charge in [-0.25, -0.2) is 4.79 Å². The van der Waals surface area contributed by atoms with E-state index in [4.69, 9.17) is 18.9 Å². The second-order valence-electron chi connectivity index (χ2n) is 6.43. The Hall–Kier alpha value is -3.80. The number of hydrogen-bond donors (Lipinski definition) is 0. The summed E-state index contributed by atoms with van der Waals surface area (Å²) < 4.78 is 21.7. The molecule has 0 saturated heterocycles. The summed E-state index contributed by atoms with van der Waals surface area (Å²) in [5.41, 5.74) is 1.56. The van der Waals surface area contributed by atoms with Crippen molar-refractivity contribution in [1.29, 1.82) is 0 Å². The predicted molar refractivity (Wildman–Crippen MR) is 111 cm³/mol. The number of Topliss-reactive ketones (excluding diaryl/α,β-unsaturated/α-hetero) is 1. The molecule has 0 radical (unpaired) electrons. The van der Waals surface area contributed by atoms with Crippen LogP contribution in [0.3, 0.4) is 0 Å². The highest BCUT2D eigenvalue weighted by Crippen LogP contribution is 2.28. The Labute approximate surface area is 175 Å². The zero-order valence-corrected chi connectivity index (χ0v) is 16.8. The molecule has 0 bridgehead atoms. The molecule has 3 aromatic rings. The van der Waals surface area contributed by atoms with Crippen LogP contribution in [0, 0.1) is 0 Å². The molecule has 0 amide bonds. The van der Waals surface area contributed by atoms with Gasteiger partial charge in [-0.15, -0.1) is 0 Å². The molecule has 0 saturated carbocycles. The molecule has 6 nitrogen and oxygen atoms in total. The summed E-state index contributed by atoms with van der Waals surface area (Å²) in [7, 11) is 1.46. The van der Waals surface area contributed by atoms with Crippen LogP contribution in [0.4, 0.5) is 0 Å². The molecule has 0 aliphatic heterocycles. The number of ether oxygens (including phenoxy) is 4. The maximum atomic E-state index is 12.1. The zero-order valence-electron chi connectivity index (χ0n) is 16.8. The number of methoxy groups -OCH3 is 1. The minimum Gasteiger partial charge on any atom is -0.493 e. The second kappa shape index (κ2) is 10.1. The fourth-order valence-corrected chi connectivity index (χ4v) is 2.65. The molecule has 0 unspecified atom stereocenters. The first kappa shape index (κ1) is 20.9. The lowest BCUT2D eigenvalue weighted by Crippen LogP contribution is -2.18. The van der Waals surface area contributed by atoms with Crippen molar-refractivity contribution in [3.8, 4) is 23.0 Å². The topological polar surface area (TPSA) is 71.1 Å². The number of carbonyl (C=O) groups is 2. The Morgan fingerprint density at radius 3 is 2.17 bits per heavy atom. The lowest BCUT2D eigenvalue weighted by Gasteiger charge is -2.11. The van der Waals surface area contributed by atoms with Crippen LogP contribution in [-0.4, -0.2) is 25.5 Å². The van der Waals surface area contributed by atoms with Gasteiger partial charge in [0.15, 0.2) is 23.9 Å². The molecule has 0 aliphatic carbocycles. The van der Waals surface area contributed by atoms with Gasteiger partial charge in [0.2, 0.25) is 0 Å². The second-order valence-corrected chi connectivity index (χ2v) is 6.43. The fourth-order valence-electron chi connectivity index (χ4n) is 2.65. The fraction of sp³-hybridized carbons (Fsp3) is 0.167. The summed E-state index contributed by atoms with van der Waals surface area (Å²) in [5.74, 6) is 1.13. The zero-order chi connectivity index (χ0) is 21.3. The first-order valence-electron chi connectivity index (χ1n) is 9.34. The lowest BCUT2D eigenvalue weighted by atomic mass is 10.1. The van der Waals surface area contributed by atoms with Crippen molar-refractivity contribution in [3.05, 3.63) is 83.9 Å². The van der Waals surface area contributed by atoms with E-state index in [-0.39, 0.29) is 12.4 Å². The summed E-state index contributed by atoms with van der Waals surface area (Å²) in [6.07, 6.45) is 0. The Morgan fingerprint density at radius 1 is 0.800 bits per heavy atom. The number of hydrogen-bond acceptors (Lipinski definition) is 6. The van der Waals surface area contributed by atoms with E-state index in [1.165, 1.54) is 14.0 Å². The third-order valence-electron chi connectivity index (χ3n) is 4.22. The SMILES string of the molecule is COc1cc(C(C)=O)ccc1OCC(=O)Oc1ccc(OCc2ccccc2)cc1. The van der Waals surface area contributed by atoms with Gasteiger partial charge in [-0.1, -0.05) is 30.3 Å². The van der Waals surface area contributed by atoms with E-state index >= 15 is 0 Å².